The first kappa shape index (κ1) is 27.7. The van der Waals surface area contributed by atoms with Gasteiger partial charge >= 0.3 is 12.2 Å². The lowest BCUT2D eigenvalue weighted by Crippen LogP contribution is -2.56. The van der Waals surface area contributed by atoms with E-state index in [0.717, 1.165) is 29.5 Å². The van der Waals surface area contributed by atoms with Crippen molar-refractivity contribution >= 4 is 30.5 Å². The summed E-state index contributed by atoms with van der Waals surface area (Å²) in [4.78, 5) is 54.4. The first-order valence-electron chi connectivity index (χ1n) is 13.3. The van der Waals surface area contributed by atoms with Crippen molar-refractivity contribution in [2.24, 2.45) is 10.8 Å². The van der Waals surface area contributed by atoms with Gasteiger partial charge in [0.05, 0.1) is 25.7 Å². The van der Waals surface area contributed by atoms with Crippen LogP contribution in [0.15, 0.2) is 24.3 Å². The summed E-state index contributed by atoms with van der Waals surface area (Å²) in [5.41, 5.74) is 2.32. The van der Waals surface area contributed by atoms with Crippen LogP contribution in [-0.2, 0) is 32.2 Å². The second kappa shape index (κ2) is 10.8. The third kappa shape index (κ3) is 6.19. The van der Waals surface area contributed by atoms with Crippen LogP contribution in [0.4, 0.5) is 9.59 Å². The van der Waals surface area contributed by atoms with Crippen molar-refractivity contribution in [1.29, 1.82) is 0 Å². The molecule has 0 unspecified atom stereocenters. The minimum Gasteiger partial charge on any atom is -0.449 e. The van der Waals surface area contributed by atoms with Gasteiger partial charge in [-0.25, -0.2) is 9.59 Å². The average molecular weight is 526 g/mol. The summed E-state index contributed by atoms with van der Waals surface area (Å²) in [7, 11) is 0. The molecule has 9 heteroatoms. The third-order valence-corrected chi connectivity index (χ3v) is 7.54. The van der Waals surface area contributed by atoms with E-state index in [4.69, 9.17) is 9.47 Å². The first-order valence-corrected chi connectivity index (χ1v) is 13.3. The number of hydrogen-bond donors (Lipinski definition) is 1. The smallest absolute Gasteiger partial charge is 0.410 e. The van der Waals surface area contributed by atoms with Crippen LogP contribution >= 0.6 is 0 Å². The summed E-state index contributed by atoms with van der Waals surface area (Å²) in [5.74, 6) is -0.401. The Labute approximate surface area is 224 Å². The highest BCUT2D eigenvalue weighted by atomic mass is 16.6. The van der Waals surface area contributed by atoms with Crippen LogP contribution in [0, 0.1) is 10.8 Å². The Bertz CT molecular complexity index is 1120. The van der Waals surface area contributed by atoms with Gasteiger partial charge in [0.25, 0.3) is 0 Å². The molecule has 0 saturated carbocycles. The van der Waals surface area contributed by atoms with Crippen LogP contribution in [0.2, 0.25) is 0 Å². The molecular weight excluding hydrogens is 486 g/mol. The molecule has 9 nitrogen and oxygen atoms in total. The van der Waals surface area contributed by atoms with Gasteiger partial charge in [0.1, 0.15) is 18.4 Å². The molecule has 3 aliphatic heterocycles. The van der Waals surface area contributed by atoms with Gasteiger partial charge in [0.2, 0.25) is 5.91 Å². The van der Waals surface area contributed by atoms with E-state index in [1.165, 1.54) is 4.90 Å². The van der Waals surface area contributed by atoms with Crippen molar-refractivity contribution in [3.8, 4) is 0 Å². The van der Waals surface area contributed by atoms with Crippen LogP contribution in [-0.4, -0.2) is 65.5 Å². The van der Waals surface area contributed by atoms with Gasteiger partial charge in [0.15, 0.2) is 0 Å². The number of amides is 3. The number of carbonyl (C=O) groups excluding carboxylic acids is 4. The van der Waals surface area contributed by atoms with Gasteiger partial charge in [0, 0.05) is 13.0 Å². The van der Waals surface area contributed by atoms with Crippen molar-refractivity contribution in [2.75, 3.05) is 13.2 Å². The molecule has 0 radical (unpaired) electrons. The Kier molecular flexibility index (Phi) is 7.85. The molecule has 1 fully saturated rings. The molecule has 0 aromatic heterocycles. The van der Waals surface area contributed by atoms with Crippen LogP contribution in [0.25, 0.3) is 6.08 Å². The number of aldehydes is 1. The normalized spacial score (nSPS) is 27.3. The number of carbonyl (C=O) groups is 4. The maximum Gasteiger partial charge on any atom is 0.410 e. The van der Waals surface area contributed by atoms with Gasteiger partial charge in [-0.3, -0.25) is 9.69 Å². The quantitative estimate of drug-likeness (QED) is 0.549. The van der Waals surface area contributed by atoms with Gasteiger partial charge in [-0.05, 0) is 40.4 Å². The summed E-state index contributed by atoms with van der Waals surface area (Å²) >= 11 is 0. The Hall–Kier alpha value is -3.36. The molecule has 206 valence electrons. The van der Waals surface area contributed by atoms with Gasteiger partial charge in [-0.1, -0.05) is 65.0 Å². The summed E-state index contributed by atoms with van der Waals surface area (Å²) in [6, 6.07) is 4.37. The summed E-state index contributed by atoms with van der Waals surface area (Å²) in [5, 5.41) is 2.73. The second-order valence-electron chi connectivity index (χ2n) is 12.4. The minimum absolute atomic E-state index is 0.0824. The molecule has 0 spiro atoms. The van der Waals surface area contributed by atoms with Crippen molar-refractivity contribution in [3.63, 3.8) is 0 Å². The molecule has 3 atom stereocenters. The molecule has 1 saturated heterocycles. The molecular formula is C29H39N3O6. The number of alkyl carbamates (subject to hydrolysis) is 1. The summed E-state index contributed by atoms with van der Waals surface area (Å²) in [6.45, 7) is 10.8. The number of ether oxygens (including phenoxy) is 2. The molecule has 3 aliphatic rings. The highest BCUT2D eigenvalue weighted by Gasteiger charge is 2.44. The van der Waals surface area contributed by atoms with E-state index in [9.17, 15) is 19.2 Å². The van der Waals surface area contributed by atoms with E-state index in [0.29, 0.717) is 19.4 Å². The molecule has 4 bridgehead atoms. The number of benzene rings is 1. The average Bonchev–Trinajstić information content (AvgIpc) is 3.47. The SMILES string of the molecule is CC1(C)CC/C=C/c2cccc3c2CN(C3)C(=O)O[C@@H]2C[C@@H](C=O)N(C2)C(=O)[C@H](C(C)(C)C)NC(=O)OC1. The number of rotatable bonds is 1. The highest BCUT2D eigenvalue weighted by molar-refractivity contribution is 5.89. The Morgan fingerprint density at radius 2 is 1.89 bits per heavy atom. The van der Waals surface area contributed by atoms with Crippen LogP contribution in [0.1, 0.15) is 70.6 Å². The highest BCUT2D eigenvalue weighted by Crippen LogP contribution is 2.31. The maximum absolute atomic E-state index is 13.6. The Balaban J connectivity index is 1.61. The summed E-state index contributed by atoms with van der Waals surface area (Å²) < 4.78 is 11.3. The molecule has 38 heavy (non-hydrogen) atoms. The van der Waals surface area contributed by atoms with E-state index >= 15 is 0 Å². The lowest BCUT2D eigenvalue weighted by Gasteiger charge is -2.34. The molecule has 3 amide bonds. The molecule has 3 heterocycles. The van der Waals surface area contributed by atoms with E-state index in [1.54, 1.807) is 4.90 Å². The predicted molar refractivity (Wildman–Crippen MR) is 142 cm³/mol. The zero-order valence-electron chi connectivity index (χ0n) is 23.0. The first-order chi connectivity index (χ1) is 17.9. The topological polar surface area (TPSA) is 105 Å². The molecule has 1 aromatic carbocycles. The summed E-state index contributed by atoms with van der Waals surface area (Å²) in [6.07, 6.45) is 4.92. The molecule has 4 rings (SSSR count). The van der Waals surface area contributed by atoms with E-state index < -0.39 is 41.7 Å². The lowest BCUT2D eigenvalue weighted by molar-refractivity contribution is -0.139. The minimum atomic E-state index is -0.921. The largest absolute Gasteiger partial charge is 0.449 e. The van der Waals surface area contributed by atoms with Crippen LogP contribution in [0.3, 0.4) is 0 Å². The molecule has 0 aliphatic carbocycles. The van der Waals surface area contributed by atoms with Crippen molar-refractivity contribution in [1.82, 2.24) is 15.1 Å². The zero-order chi connectivity index (χ0) is 27.7. The number of cyclic esters (lactones) is 1. The maximum atomic E-state index is 13.6. The van der Waals surface area contributed by atoms with Crippen molar-refractivity contribution < 1.29 is 28.7 Å². The number of nitrogens with zero attached hydrogens (tertiary/aromatic N) is 2. The Morgan fingerprint density at radius 1 is 1.13 bits per heavy atom. The van der Waals surface area contributed by atoms with E-state index in [1.807, 2.05) is 52.8 Å². The second-order valence-corrected chi connectivity index (χ2v) is 12.4. The van der Waals surface area contributed by atoms with Crippen molar-refractivity contribution in [2.45, 2.75) is 85.2 Å². The Morgan fingerprint density at radius 3 is 2.61 bits per heavy atom. The molecule has 1 N–H and O–H groups in total. The van der Waals surface area contributed by atoms with Crippen LogP contribution < -0.4 is 5.32 Å². The van der Waals surface area contributed by atoms with E-state index in [-0.39, 0.29) is 25.0 Å². The van der Waals surface area contributed by atoms with Gasteiger partial charge in [-0.15, -0.1) is 0 Å². The van der Waals surface area contributed by atoms with E-state index in [2.05, 4.69) is 17.5 Å². The fraction of sp³-hybridized carbons (Fsp3) is 0.586. The molecule has 1 aromatic rings. The lowest BCUT2D eigenvalue weighted by atomic mass is 9.85. The third-order valence-electron chi connectivity index (χ3n) is 7.54. The monoisotopic (exact) mass is 525 g/mol. The zero-order valence-corrected chi connectivity index (χ0v) is 23.0. The van der Waals surface area contributed by atoms with Crippen LogP contribution in [0.5, 0.6) is 0 Å². The fourth-order valence-electron chi connectivity index (χ4n) is 5.24. The van der Waals surface area contributed by atoms with Crippen molar-refractivity contribution in [3.05, 3.63) is 41.0 Å². The van der Waals surface area contributed by atoms with Gasteiger partial charge in [-0.2, -0.15) is 0 Å². The standard InChI is InChI=1S/C29H39N3O6/c1-28(2,3)24-25(34)32-15-22(13-21(32)17-33)38-27(36)31-14-20-11-8-10-19(23(20)16-31)9-6-7-12-29(4,5)18-37-26(35)30-24/h6,8-11,17,21-22,24H,7,12-16,18H2,1-5H3,(H,30,35)/b9-6+/t21-,22+,24+/m0/s1. The number of fused-ring (bicyclic) bond motifs is 3. The predicted octanol–water partition coefficient (Wildman–Crippen LogP) is 4.28. The number of nitrogens with one attached hydrogen (secondary N) is 1. The number of hydrogen-bond acceptors (Lipinski definition) is 6. The van der Waals surface area contributed by atoms with Gasteiger partial charge < -0.3 is 24.5 Å². The number of allylic oxidation sites excluding steroid dienone is 1. The fourth-order valence-corrected chi connectivity index (χ4v) is 5.24.